The van der Waals surface area contributed by atoms with Crippen molar-refractivity contribution in [2.24, 2.45) is 5.92 Å². The maximum absolute atomic E-state index is 11.4. The number of nitrogens with zero attached hydrogens (tertiary/aromatic N) is 1. The van der Waals surface area contributed by atoms with Crippen LogP contribution in [0, 0.1) is 5.92 Å². The number of hydrogen-bond acceptors (Lipinski definition) is 3. The Labute approximate surface area is 77.8 Å². The van der Waals surface area contributed by atoms with Crippen LogP contribution in [0.25, 0.3) is 0 Å². The third-order valence-corrected chi connectivity index (χ3v) is 2.18. The van der Waals surface area contributed by atoms with Crippen LogP contribution in [0.2, 0.25) is 0 Å². The molecular weight excluding hydrogens is 170 g/mol. The molecule has 0 radical (unpaired) electrons. The van der Waals surface area contributed by atoms with E-state index in [1.807, 2.05) is 0 Å². The number of esters is 1. The highest BCUT2D eigenvalue weighted by molar-refractivity contribution is 5.82. The van der Waals surface area contributed by atoms with Gasteiger partial charge in [-0.2, -0.15) is 0 Å². The maximum atomic E-state index is 11.4. The average Bonchev–Trinajstić information content (AvgIpc) is 2.87. The molecule has 0 atom stereocenters. The Morgan fingerprint density at radius 3 is 2.54 bits per heavy atom. The molecule has 0 spiro atoms. The lowest BCUT2D eigenvalue weighted by Crippen LogP contribution is -2.32. The monoisotopic (exact) mass is 185 g/mol. The fraction of sp³-hybridized carbons (Fsp3) is 0.778. The van der Waals surface area contributed by atoms with Gasteiger partial charge in [-0.25, -0.2) is 0 Å². The molecule has 1 rings (SSSR count). The van der Waals surface area contributed by atoms with Crippen LogP contribution in [0.4, 0.5) is 0 Å². The van der Waals surface area contributed by atoms with E-state index in [4.69, 9.17) is 0 Å². The standard InChI is InChI=1S/C9H15NO3/c1-10(6-9(12)13-2)8(11)5-7-3-4-7/h7H,3-6H2,1-2H3. The van der Waals surface area contributed by atoms with Gasteiger partial charge < -0.3 is 9.64 Å². The number of ether oxygens (including phenoxy) is 1. The summed E-state index contributed by atoms with van der Waals surface area (Å²) in [5.74, 6) is 0.229. The Bertz CT molecular complexity index is 211. The lowest BCUT2D eigenvalue weighted by atomic mass is 10.2. The zero-order valence-electron chi connectivity index (χ0n) is 8.08. The second-order valence-electron chi connectivity index (χ2n) is 3.47. The summed E-state index contributed by atoms with van der Waals surface area (Å²) in [4.78, 5) is 23.6. The van der Waals surface area contributed by atoms with E-state index < -0.39 is 0 Å². The zero-order chi connectivity index (χ0) is 9.84. The number of carbonyl (C=O) groups is 2. The zero-order valence-corrected chi connectivity index (χ0v) is 8.08. The van der Waals surface area contributed by atoms with Crippen molar-refractivity contribution in [3.05, 3.63) is 0 Å². The van der Waals surface area contributed by atoms with E-state index in [-0.39, 0.29) is 18.4 Å². The summed E-state index contributed by atoms with van der Waals surface area (Å²) >= 11 is 0. The van der Waals surface area contributed by atoms with Crippen molar-refractivity contribution in [2.75, 3.05) is 20.7 Å². The second-order valence-corrected chi connectivity index (χ2v) is 3.47. The van der Waals surface area contributed by atoms with E-state index in [0.717, 1.165) is 12.8 Å². The van der Waals surface area contributed by atoms with Gasteiger partial charge in [0.1, 0.15) is 6.54 Å². The van der Waals surface area contributed by atoms with Crippen molar-refractivity contribution in [1.82, 2.24) is 4.90 Å². The quantitative estimate of drug-likeness (QED) is 0.596. The van der Waals surface area contributed by atoms with E-state index >= 15 is 0 Å². The van der Waals surface area contributed by atoms with E-state index in [2.05, 4.69) is 4.74 Å². The molecular formula is C9H15NO3. The first kappa shape index (κ1) is 10.0. The van der Waals surface area contributed by atoms with Crippen LogP contribution in [0.15, 0.2) is 0 Å². The largest absolute Gasteiger partial charge is 0.468 e. The van der Waals surface area contributed by atoms with Gasteiger partial charge in [-0.1, -0.05) is 0 Å². The van der Waals surface area contributed by atoms with Gasteiger partial charge in [-0.3, -0.25) is 9.59 Å². The molecule has 1 aliphatic rings. The predicted octanol–water partition coefficient (Wildman–Crippen LogP) is 0.418. The summed E-state index contributed by atoms with van der Waals surface area (Å²) < 4.78 is 4.46. The SMILES string of the molecule is COC(=O)CN(C)C(=O)CC1CC1. The molecule has 0 heterocycles. The average molecular weight is 185 g/mol. The van der Waals surface area contributed by atoms with E-state index in [1.165, 1.54) is 12.0 Å². The molecule has 0 unspecified atom stereocenters. The summed E-state index contributed by atoms with van der Waals surface area (Å²) in [7, 11) is 2.95. The van der Waals surface area contributed by atoms with Gasteiger partial charge in [0.05, 0.1) is 7.11 Å². The second kappa shape index (κ2) is 4.25. The van der Waals surface area contributed by atoms with Crippen LogP contribution in [-0.2, 0) is 14.3 Å². The van der Waals surface area contributed by atoms with Crippen molar-refractivity contribution in [3.63, 3.8) is 0 Å². The third kappa shape index (κ3) is 3.44. The van der Waals surface area contributed by atoms with Gasteiger partial charge in [-0.05, 0) is 18.8 Å². The molecule has 0 aliphatic heterocycles. The number of amides is 1. The lowest BCUT2D eigenvalue weighted by Gasteiger charge is -2.14. The number of carbonyl (C=O) groups excluding carboxylic acids is 2. The van der Waals surface area contributed by atoms with Gasteiger partial charge >= 0.3 is 5.97 Å². The molecule has 4 nitrogen and oxygen atoms in total. The molecule has 1 saturated carbocycles. The number of hydrogen-bond donors (Lipinski definition) is 0. The normalized spacial score (nSPS) is 15.2. The molecule has 4 heteroatoms. The van der Waals surface area contributed by atoms with Gasteiger partial charge in [0.15, 0.2) is 0 Å². The molecule has 0 bridgehead atoms. The molecule has 13 heavy (non-hydrogen) atoms. The highest BCUT2D eigenvalue weighted by Crippen LogP contribution is 2.32. The first-order valence-electron chi connectivity index (χ1n) is 4.44. The number of methoxy groups -OCH3 is 1. The molecule has 0 aromatic heterocycles. The first-order valence-corrected chi connectivity index (χ1v) is 4.44. The molecule has 74 valence electrons. The fourth-order valence-electron chi connectivity index (χ4n) is 1.07. The predicted molar refractivity (Wildman–Crippen MR) is 47.0 cm³/mol. The Kier molecular flexibility index (Phi) is 3.28. The molecule has 1 fully saturated rings. The number of likely N-dealkylation sites (N-methyl/N-ethyl adjacent to an activating group) is 1. The summed E-state index contributed by atoms with van der Waals surface area (Å²) in [5.41, 5.74) is 0. The minimum absolute atomic E-state index is 0.0351. The van der Waals surface area contributed by atoms with E-state index in [1.54, 1.807) is 7.05 Å². The van der Waals surface area contributed by atoms with Crippen LogP contribution < -0.4 is 0 Å². The Morgan fingerprint density at radius 1 is 1.46 bits per heavy atom. The van der Waals surface area contributed by atoms with Crippen LogP contribution in [-0.4, -0.2) is 37.5 Å². The minimum Gasteiger partial charge on any atom is -0.468 e. The lowest BCUT2D eigenvalue weighted by molar-refractivity contribution is -0.146. The van der Waals surface area contributed by atoms with Crippen molar-refractivity contribution < 1.29 is 14.3 Å². The highest BCUT2D eigenvalue weighted by atomic mass is 16.5. The Balaban J connectivity index is 2.23. The van der Waals surface area contributed by atoms with Crippen LogP contribution in [0.5, 0.6) is 0 Å². The van der Waals surface area contributed by atoms with E-state index in [9.17, 15) is 9.59 Å². The van der Waals surface area contributed by atoms with Crippen molar-refractivity contribution >= 4 is 11.9 Å². The molecule has 0 aromatic carbocycles. The smallest absolute Gasteiger partial charge is 0.325 e. The van der Waals surface area contributed by atoms with Crippen LogP contribution in [0.1, 0.15) is 19.3 Å². The summed E-state index contributed by atoms with van der Waals surface area (Å²) in [6.45, 7) is 0.0576. The minimum atomic E-state index is -0.369. The van der Waals surface area contributed by atoms with Crippen LogP contribution >= 0.6 is 0 Å². The van der Waals surface area contributed by atoms with Gasteiger partial charge in [-0.15, -0.1) is 0 Å². The summed E-state index contributed by atoms with van der Waals surface area (Å²) in [5, 5.41) is 0. The van der Waals surface area contributed by atoms with Gasteiger partial charge in [0, 0.05) is 13.5 Å². The summed E-state index contributed by atoms with van der Waals surface area (Å²) in [6.07, 6.45) is 2.88. The Hall–Kier alpha value is -1.06. The molecule has 0 aromatic rings. The van der Waals surface area contributed by atoms with Crippen molar-refractivity contribution in [1.29, 1.82) is 0 Å². The van der Waals surface area contributed by atoms with Gasteiger partial charge in [0.25, 0.3) is 0 Å². The van der Waals surface area contributed by atoms with E-state index in [0.29, 0.717) is 12.3 Å². The number of rotatable bonds is 4. The van der Waals surface area contributed by atoms with Crippen molar-refractivity contribution in [3.8, 4) is 0 Å². The maximum Gasteiger partial charge on any atom is 0.325 e. The Morgan fingerprint density at radius 2 is 2.08 bits per heavy atom. The molecule has 0 saturated heterocycles. The fourth-order valence-corrected chi connectivity index (χ4v) is 1.07. The van der Waals surface area contributed by atoms with Crippen LogP contribution in [0.3, 0.4) is 0 Å². The summed E-state index contributed by atoms with van der Waals surface area (Å²) in [6, 6.07) is 0. The van der Waals surface area contributed by atoms with Crippen molar-refractivity contribution in [2.45, 2.75) is 19.3 Å². The molecule has 1 amide bonds. The third-order valence-electron chi connectivity index (χ3n) is 2.18. The molecule has 1 aliphatic carbocycles. The topological polar surface area (TPSA) is 46.6 Å². The first-order chi connectivity index (χ1) is 6.13. The molecule has 0 N–H and O–H groups in total. The highest BCUT2D eigenvalue weighted by Gasteiger charge is 2.26. The van der Waals surface area contributed by atoms with Gasteiger partial charge in [0.2, 0.25) is 5.91 Å².